The van der Waals surface area contributed by atoms with Gasteiger partial charge >= 0.3 is 0 Å². The van der Waals surface area contributed by atoms with Crippen LogP contribution in [0.4, 0.5) is 5.69 Å². The lowest BCUT2D eigenvalue weighted by atomic mass is 10.1. The van der Waals surface area contributed by atoms with E-state index < -0.39 is 37.5 Å². The van der Waals surface area contributed by atoms with Crippen molar-refractivity contribution in [1.29, 1.82) is 0 Å². The number of methoxy groups -OCH3 is 1. The third-order valence-corrected chi connectivity index (χ3v) is 9.55. The van der Waals surface area contributed by atoms with Crippen LogP contribution < -0.4 is 21.5 Å². The van der Waals surface area contributed by atoms with Gasteiger partial charge in [-0.3, -0.25) is 24.3 Å². The topological polar surface area (TPSA) is 167 Å². The zero-order valence-corrected chi connectivity index (χ0v) is 26.1. The highest BCUT2D eigenvalue weighted by Crippen LogP contribution is 2.25. The van der Waals surface area contributed by atoms with E-state index in [1.54, 1.807) is 6.07 Å². The number of hydrogen-bond acceptors (Lipinski definition) is 10. The van der Waals surface area contributed by atoms with Gasteiger partial charge in [-0.05, 0) is 67.9 Å². The number of aromatic nitrogens is 1. The van der Waals surface area contributed by atoms with Crippen LogP contribution in [-0.2, 0) is 10.0 Å². The molecule has 0 bridgehead atoms. The molecule has 0 radical (unpaired) electrons. The Morgan fingerprint density at radius 3 is 2.42 bits per heavy atom. The van der Waals surface area contributed by atoms with Crippen molar-refractivity contribution in [2.75, 3.05) is 19.4 Å². The molecule has 3 aromatic carbocycles. The van der Waals surface area contributed by atoms with Crippen molar-refractivity contribution in [2.24, 2.45) is 5.73 Å². The molecule has 1 heterocycles. The highest BCUT2D eigenvalue weighted by molar-refractivity contribution is 7.99. The third kappa shape index (κ3) is 8.57. The van der Waals surface area contributed by atoms with Gasteiger partial charge < -0.3 is 10.5 Å². The average molecular weight is 652 g/mol. The van der Waals surface area contributed by atoms with Crippen molar-refractivity contribution in [2.45, 2.75) is 35.1 Å². The zero-order chi connectivity index (χ0) is 32.4. The molecule has 0 saturated carbocycles. The van der Waals surface area contributed by atoms with E-state index in [4.69, 9.17) is 10.5 Å². The minimum Gasteiger partial charge on any atom is -0.497 e. The van der Waals surface area contributed by atoms with Crippen LogP contribution in [0.2, 0.25) is 0 Å². The number of non-ortho nitro benzene ring substituents is 1. The van der Waals surface area contributed by atoms with E-state index in [-0.39, 0.29) is 11.1 Å². The second-order valence-corrected chi connectivity index (χ2v) is 12.8. The van der Waals surface area contributed by atoms with Crippen LogP contribution in [0.5, 0.6) is 5.75 Å². The number of nitrogens with zero attached hydrogens (tertiary/aromatic N) is 3. The molecule has 0 spiro atoms. The summed E-state index contributed by atoms with van der Waals surface area (Å²) in [5.74, 6) is -0.0893. The van der Waals surface area contributed by atoms with Crippen LogP contribution in [-0.4, -0.2) is 53.7 Å². The van der Waals surface area contributed by atoms with E-state index in [0.29, 0.717) is 47.4 Å². The summed E-state index contributed by atoms with van der Waals surface area (Å²) in [6, 6.07) is 22.4. The number of pyridine rings is 1. The summed E-state index contributed by atoms with van der Waals surface area (Å²) in [6.07, 6.45) is 3.40. The SMILES string of the molecule is COc1ccn(-c2ccc(C(=O)N(N[C@H](CCCCN)CSc3ccccc3)S(=O)(=O)c3cccc([N+](=O)[O-])c3)cc2)c(=O)c1. The molecule has 0 saturated heterocycles. The number of carbonyl (C=O) groups excluding carboxylic acids is 1. The Morgan fingerprint density at radius 1 is 1.04 bits per heavy atom. The number of nitrogens with one attached hydrogen (secondary N) is 1. The molecule has 1 amide bonds. The molecule has 1 atom stereocenters. The maximum absolute atomic E-state index is 14.0. The van der Waals surface area contributed by atoms with Crippen molar-refractivity contribution < 1.29 is 22.9 Å². The highest BCUT2D eigenvalue weighted by Gasteiger charge is 2.33. The fourth-order valence-electron chi connectivity index (χ4n) is 4.38. The lowest BCUT2D eigenvalue weighted by molar-refractivity contribution is -0.385. The fourth-order valence-corrected chi connectivity index (χ4v) is 6.71. The predicted octanol–water partition coefficient (Wildman–Crippen LogP) is 4.38. The van der Waals surface area contributed by atoms with Crippen molar-refractivity contribution in [3.63, 3.8) is 0 Å². The van der Waals surface area contributed by atoms with Crippen LogP contribution in [0.25, 0.3) is 5.69 Å². The quantitative estimate of drug-likeness (QED) is 0.0815. The summed E-state index contributed by atoms with van der Waals surface area (Å²) in [4.78, 5) is 37.8. The molecule has 4 aromatic rings. The summed E-state index contributed by atoms with van der Waals surface area (Å²) in [6.45, 7) is 0.455. The van der Waals surface area contributed by atoms with Crippen LogP contribution >= 0.6 is 11.8 Å². The lowest BCUT2D eigenvalue weighted by Crippen LogP contribution is -2.52. The van der Waals surface area contributed by atoms with E-state index in [1.165, 1.54) is 78.2 Å². The van der Waals surface area contributed by atoms with Crippen LogP contribution in [0.1, 0.15) is 29.6 Å². The molecule has 12 nitrogen and oxygen atoms in total. The van der Waals surface area contributed by atoms with Crippen molar-refractivity contribution in [3.8, 4) is 11.4 Å². The number of ether oxygens (including phenoxy) is 1. The number of nitrogens with two attached hydrogens (primary N) is 1. The van der Waals surface area contributed by atoms with Gasteiger partial charge in [0.15, 0.2) is 0 Å². The summed E-state index contributed by atoms with van der Waals surface area (Å²) < 4.78 is 35.0. The van der Waals surface area contributed by atoms with Crippen LogP contribution in [0, 0.1) is 10.1 Å². The smallest absolute Gasteiger partial charge is 0.282 e. The normalized spacial score (nSPS) is 12.0. The van der Waals surface area contributed by atoms with E-state index in [1.807, 2.05) is 30.3 Å². The maximum atomic E-state index is 14.0. The molecule has 14 heteroatoms. The Morgan fingerprint density at radius 2 is 1.78 bits per heavy atom. The average Bonchev–Trinajstić information content (AvgIpc) is 3.06. The summed E-state index contributed by atoms with van der Waals surface area (Å²) in [5, 5.41) is 11.4. The molecule has 0 fully saturated rings. The highest BCUT2D eigenvalue weighted by atomic mass is 32.2. The Kier molecular flexibility index (Phi) is 11.5. The van der Waals surface area contributed by atoms with Gasteiger partial charge in [0.25, 0.3) is 27.2 Å². The molecule has 4 rings (SSSR count). The predicted molar refractivity (Wildman–Crippen MR) is 172 cm³/mol. The Balaban J connectivity index is 1.70. The molecule has 45 heavy (non-hydrogen) atoms. The van der Waals surface area contributed by atoms with E-state index in [9.17, 15) is 28.1 Å². The minimum absolute atomic E-state index is 0.0123. The summed E-state index contributed by atoms with van der Waals surface area (Å²) in [7, 11) is -3.18. The standard InChI is InChI=1S/C31H33N5O7S2/c1-43-27-17-19-34(30(37)21-27)25-15-13-23(14-16-25)31(38)35(45(41,42)29-12-7-9-26(20-29)36(39)40)33-24(8-5-6-18-32)22-44-28-10-3-2-4-11-28/h2-4,7,9-17,19-21,24,33H,5-6,8,18,22,32H2,1H3/t24-/m1/s1. The fraction of sp³-hybridized carbons (Fsp3) is 0.226. The van der Waals surface area contributed by atoms with Gasteiger partial charge in [0.05, 0.1) is 16.9 Å². The first-order valence-electron chi connectivity index (χ1n) is 14.0. The summed E-state index contributed by atoms with van der Waals surface area (Å²) >= 11 is 1.50. The second kappa shape index (κ2) is 15.5. The number of sulfonamides is 1. The first kappa shape index (κ1) is 33.4. The lowest BCUT2D eigenvalue weighted by Gasteiger charge is -2.28. The molecule has 0 aliphatic heterocycles. The Bertz CT molecular complexity index is 1780. The first-order valence-corrected chi connectivity index (χ1v) is 16.4. The Labute approximate surface area is 265 Å². The van der Waals surface area contributed by atoms with Gasteiger partial charge in [-0.1, -0.05) is 30.7 Å². The maximum Gasteiger partial charge on any atom is 0.282 e. The number of benzene rings is 3. The molecular weight excluding hydrogens is 619 g/mol. The van der Waals surface area contributed by atoms with Crippen molar-refractivity contribution >= 4 is 33.4 Å². The van der Waals surface area contributed by atoms with Gasteiger partial charge in [0.1, 0.15) is 5.75 Å². The number of unbranched alkanes of at least 4 members (excludes halogenated alkanes) is 1. The van der Waals surface area contributed by atoms with Crippen LogP contribution in [0.3, 0.4) is 0 Å². The first-order chi connectivity index (χ1) is 21.6. The monoisotopic (exact) mass is 651 g/mol. The zero-order valence-electron chi connectivity index (χ0n) is 24.4. The Hall–Kier alpha value is -4.50. The van der Waals surface area contributed by atoms with E-state index in [0.717, 1.165) is 11.0 Å². The van der Waals surface area contributed by atoms with Gasteiger partial charge in [-0.2, -0.15) is 12.8 Å². The van der Waals surface area contributed by atoms with Gasteiger partial charge in [0.2, 0.25) is 0 Å². The van der Waals surface area contributed by atoms with Crippen LogP contribution in [0.15, 0.2) is 112 Å². The number of nitro groups is 1. The number of hydrogen-bond donors (Lipinski definition) is 2. The number of carbonyl (C=O) groups is 1. The van der Waals surface area contributed by atoms with Gasteiger partial charge in [-0.25, -0.2) is 5.43 Å². The third-order valence-electron chi connectivity index (χ3n) is 6.77. The van der Waals surface area contributed by atoms with Crippen molar-refractivity contribution in [3.05, 3.63) is 123 Å². The minimum atomic E-state index is -4.62. The van der Waals surface area contributed by atoms with Gasteiger partial charge in [-0.15, -0.1) is 11.8 Å². The summed E-state index contributed by atoms with van der Waals surface area (Å²) in [5.41, 5.74) is 8.29. The molecule has 0 aliphatic carbocycles. The number of rotatable bonds is 15. The number of amides is 1. The van der Waals surface area contributed by atoms with E-state index in [2.05, 4.69) is 5.43 Å². The molecule has 1 aromatic heterocycles. The molecule has 3 N–H and O–H groups in total. The molecule has 236 valence electrons. The number of thioether (sulfide) groups is 1. The van der Waals surface area contributed by atoms with E-state index >= 15 is 0 Å². The van der Waals surface area contributed by atoms with Gasteiger partial charge in [0, 0.05) is 52.3 Å². The molecule has 0 unspecified atom stereocenters. The van der Waals surface area contributed by atoms with Crippen molar-refractivity contribution in [1.82, 2.24) is 14.4 Å². The number of nitro benzene ring substituents is 1. The molecule has 0 aliphatic rings. The molecular formula is C31H33N5O7S2. The second-order valence-electron chi connectivity index (χ2n) is 9.89. The largest absolute Gasteiger partial charge is 0.497 e. The number of hydrazine groups is 1.